The average molecular weight is 441 g/mol. The van der Waals surface area contributed by atoms with E-state index in [1.54, 1.807) is 21.7 Å². The first kappa shape index (κ1) is 22.3. The summed E-state index contributed by atoms with van der Waals surface area (Å²) in [6, 6.07) is 7.13. The van der Waals surface area contributed by atoms with Crippen molar-refractivity contribution in [3.63, 3.8) is 0 Å². The summed E-state index contributed by atoms with van der Waals surface area (Å²) in [5.74, 6) is -0.504. The number of carbonyl (C=O) groups is 4. The molecule has 0 radical (unpaired) electrons. The highest BCUT2D eigenvalue weighted by atomic mass is 16.2. The Balaban J connectivity index is 1.39. The van der Waals surface area contributed by atoms with Crippen LogP contribution in [0, 0.1) is 6.92 Å². The van der Waals surface area contributed by atoms with Gasteiger partial charge in [-0.2, -0.15) is 0 Å². The van der Waals surface area contributed by atoms with Crippen LogP contribution in [-0.4, -0.2) is 88.7 Å². The highest BCUT2D eigenvalue weighted by Gasteiger charge is 2.56. The number of benzene rings is 1. The first-order valence-corrected chi connectivity index (χ1v) is 11.6. The molecule has 8 heteroatoms. The van der Waals surface area contributed by atoms with E-state index in [4.69, 9.17) is 0 Å². The number of amides is 5. The van der Waals surface area contributed by atoms with E-state index in [9.17, 15) is 19.2 Å². The number of urea groups is 1. The Morgan fingerprint density at radius 2 is 1.62 bits per heavy atom. The molecule has 5 amide bonds. The molecule has 172 valence electrons. The molecule has 0 bridgehead atoms. The van der Waals surface area contributed by atoms with Crippen molar-refractivity contribution >= 4 is 23.8 Å². The topological polar surface area (TPSA) is 81.2 Å². The molecular weight excluding hydrogens is 408 g/mol. The Morgan fingerprint density at radius 3 is 2.34 bits per heavy atom. The molecule has 0 N–H and O–H groups in total. The minimum atomic E-state index is -0.772. The molecule has 2 aliphatic heterocycles. The lowest BCUT2D eigenvalue weighted by molar-refractivity contribution is -0.140. The van der Waals surface area contributed by atoms with Gasteiger partial charge in [0.2, 0.25) is 5.91 Å². The zero-order valence-corrected chi connectivity index (χ0v) is 19.0. The van der Waals surface area contributed by atoms with Gasteiger partial charge in [0.25, 0.3) is 11.8 Å². The molecule has 1 aliphatic carbocycles. The first-order valence-electron chi connectivity index (χ1n) is 11.6. The van der Waals surface area contributed by atoms with E-state index in [-0.39, 0.29) is 30.3 Å². The minimum absolute atomic E-state index is 0.0336. The van der Waals surface area contributed by atoms with Crippen molar-refractivity contribution in [3.05, 3.63) is 35.4 Å². The number of likely N-dealkylation sites (N-methyl/N-ethyl adjacent to an activating group) is 1. The summed E-state index contributed by atoms with van der Waals surface area (Å²) < 4.78 is 0. The van der Waals surface area contributed by atoms with Crippen molar-refractivity contribution in [1.82, 2.24) is 19.6 Å². The third kappa shape index (κ3) is 3.98. The van der Waals surface area contributed by atoms with Crippen LogP contribution in [0.3, 0.4) is 0 Å². The van der Waals surface area contributed by atoms with Crippen molar-refractivity contribution in [1.29, 1.82) is 0 Å². The van der Waals surface area contributed by atoms with Gasteiger partial charge in [-0.3, -0.25) is 19.3 Å². The molecule has 0 unspecified atom stereocenters. The predicted octanol–water partition coefficient (Wildman–Crippen LogP) is 2.27. The van der Waals surface area contributed by atoms with Gasteiger partial charge < -0.3 is 14.7 Å². The maximum atomic E-state index is 13.2. The van der Waals surface area contributed by atoms with Gasteiger partial charge in [-0.25, -0.2) is 4.79 Å². The summed E-state index contributed by atoms with van der Waals surface area (Å²) in [7, 11) is 1.68. The maximum absolute atomic E-state index is 13.2. The summed E-state index contributed by atoms with van der Waals surface area (Å²) in [6.07, 6.45) is 4.90. The number of carbonyl (C=O) groups excluding carboxylic acids is 4. The third-order valence-corrected chi connectivity index (χ3v) is 7.18. The molecule has 1 aromatic carbocycles. The predicted molar refractivity (Wildman–Crippen MR) is 119 cm³/mol. The lowest BCUT2D eigenvalue weighted by Gasteiger charge is -2.35. The van der Waals surface area contributed by atoms with Crippen LogP contribution >= 0.6 is 0 Å². The molecule has 1 spiro atoms. The Morgan fingerprint density at radius 1 is 0.938 bits per heavy atom. The molecule has 2 saturated heterocycles. The highest BCUT2D eigenvalue weighted by molar-refractivity contribution is 6.09. The molecule has 3 aliphatic rings. The Bertz CT molecular complexity index is 924. The fraction of sp³-hybridized carbons (Fsp3) is 0.583. The number of hydrogen-bond acceptors (Lipinski definition) is 4. The molecule has 4 rings (SSSR count). The Kier molecular flexibility index (Phi) is 6.22. The zero-order chi connectivity index (χ0) is 22.9. The van der Waals surface area contributed by atoms with Gasteiger partial charge in [0, 0.05) is 38.8 Å². The lowest BCUT2D eigenvalue weighted by atomic mass is 9.81. The minimum Gasteiger partial charge on any atom is -0.339 e. The summed E-state index contributed by atoms with van der Waals surface area (Å²) >= 11 is 0. The van der Waals surface area contributed by atoms with Crippen LogP contribution in [0.2, 0.25) is 0 Å². The fourth-order valence-electron chi connectivity index (χ4n) is 5.24. The van der Waals surface area contributed by atoms with Crippen LogP contribution in [0.4, 0.5) is 4.79 Å². The normalized spacial score (nSPS) is 21.3. The monoisotopic (exact) mass is 440 g/mol. The number of imide groups is 1. The standard InChI is InChI=1S/C24H32N4O4/c1-18-8-6-9-19(16-18)21(30)27-13-7-12-26(14-15-27)20(29)17-28-22(31)24(25(2)23(28)32)10-4-3-5-11-24/h6,8-9,16H,3-5,7,10-15,17H2,1-2H3. The number of rotatable bonds is 3. The number of hydrogen-bond donors (Lipinski definition) is 0. The molecule has 3 fully saturated rings. The van der Waals surface area contributed by atoms with Gasteiger partial charge in [0.1, 0.15) is 12.1 Å². The third-order valence-electron chi connectivity index (χ3n) is 7.18. The zero-order valence-electron chi connectivity index (χ0n) is 19.0. The highest BCUT2D eigenvalue weighted by Crippen LogP contribution is 2.39. The van der Waals surface area contributed by atoms with E-state index in [1.807, 2.05) is 31.2 Å². The quantitative estimate of drug-likeness (QED) is 0.676. The van der Waals surface area contributed by atoms with Crippen molar-refractivity contribution in [2.24, 2.45) is 0 Å². The fourth-order valence-corrected chi connectivity index (χ4v) is 5.24. The SMILES string of the molecule is Cc1cccc(C(=O)N2CCCN(C(=O)CN3C(=O)N(C)C4(CCCCC4)C3=O)CC2)c1. The van der Waals surface area contributed by atoms with E-state index in [0.29, 0.717) is 51.0 Å². The molecule has 32 heavy (non-hydrogen) atoms. The van der Waals surface area contributed by atoms with Gasteiger partial charge in [0.05, 0.1) is 0 Å². The van der Waals surface area contributed by atoms with Crippen molar-refractivity contribution in [2.75, 3.05) is 39.8 Å². The molecule has 1 aromatic rings. The lowest BCUT2D eigenvalue weighted by Crippen LogP contribution is -2.49. The summed E-state index contributed by atoms with van der Waals surface area (Å²) in [5.41, 5.74) is 0.910. The van der Waals surface area contributed by atoms with E-state index in [0.717, 1.165) is 29.7 Å². The number of nitrogens with zero attached hydrogens (tertiary/aromatic N) is 4. The molecule has 0 atom stereocenters. The van der Waals surface area contributed by atoms with Crippen molar-refractivity contribution in [3.8, 4) is 0 Å². The second-order valence-corrected chi connectivity index (χ2v) is 9.22. The van der Waals surface area contributed by atoms with Crippen molar-refractivity contribution in [2.45, 2.75) is 51.0 Å². The van der Waals surface area contributed by atoms with Crippen LogP contribution in [0.15, 0.2) is 24.3 Å². The molecular formula is C24H32N4O4. The molecule has 8 nitrogen and oxygen atoms in total. The summed E-state index contributed by atoms with van der Waals surface area (Å²) in [6.45, 7) is 3.64. The van der Waals surface area contributed by atoms with E-state index in [1.165, 1.54) is 0 Å². The molecule has 1 saturated carbocycles. The molecule has 0 aromatic heterocycles. The van der Waals surface area contributed by atoms with Crippen molar-refractivity contribution < 1.29 is 19.2 Å². The van der Waals surface area contributed by atoms with Crippen LogP contribution < -0.4 is 0 Å². The second-order valence-electron chi connectivity index (χ2n) is 9.22. The van der Waals surface area contributed by atoms with Crippen LogP contribution in [0.1, 0.15) is 54.4 Å². The Hall–Kier alpha value is -2.90. The van der Waals surface area contributed by atoms with Gasteiger partial charge in [-0.05, 0) is 38.3 Å². The summed E-state index contributed by atoms with van der Waals surface area (Å²) in [4.78, 5) is 58.0. The van der Waals surface area contributed by atoms with E-state index >= 15 is 0 Å². The van der Waals surface area contributed by atoms with Gasteiger partial charge in [0.15, 0.2) is 0 Å². The number of aryl methyl sites for hydroxylation is 1. The van der Waals surface area contributed by atoms with Crippen LogP contribution in [0.25, 0.3) is 0 Å². The smallest absolute Gasteiger partial charge is 0.327 e. The maximum Gasteiger partial charge on any atom is 0.327 e. The van der Waals surface area contributed by atoms with Gasteiger partial charge in [-0.1, -0.05) is 37.0 Å². The van der Waals surface area contributed by atoms with E-state index in [2.05, 4.69) is 0 Å². The molecule has 2 heterocycles. The van der Waals surface area contributed by atoms with Gasteiger partial charge >= 0.3 is 6.03 Å². The van der Waals surface area contributed by atoms with E-state index < -0.39 is 5.54 Å². The summed E-state index contributed by atoms with van der Waals surface area (Å²) in [5, 5.41) is 0. The average Bonchev–Trinajstić information content (AvgIpc) is 3.00. The van der Waals surface area contributed by atoms with Crippen LogP contribution in [0.5, 0.6) is 0 Å². The first-order chi connectivity index (χ1) is 15.3. The van der Waals surface area contributed by atoms with Crippen LogP contribution in [-0.2, 0) is 9.59 Å². The Labute approximate surface area is 189 Å². The van der Waals surface area contributed by atoms with Gasteiger partial charge in [-0.15, -0.1) is 0 Å². The second kappa shape index (κ2) is 8.92. The largest absolute Gasteiger partial charge is 0.339 e.